The molecule has 4 rings (SSSR count). The van der Waals surface area contributed by atoms with Crippen LogP contribution in [0.1, 0.15) is 31.7 Å². The van der Waals surface area contributed by atoms with Crippen molar-refractivity contribution < 1.29 is 23.7 Å². The third-order valence-corrected chi connectivity index (χ3v) is 6.69. The minimum Gasteiger partial charge on any atom is -0.497 e. The molecule has 37 heavy (non-hydrogen) atoms. The number of hydrogen-bond acceptors (Lipinski definition) is 8. The van der Waals surface area contributed by atoms with Crippen LogP contribution in [0.3, 0.4) is 0 Å². The molecule has 2 heterocycles. The van der Waals surface area contributed by atoms with Gasteiger partial charge in [0, 0.05) is 6.07 Å². The number of nitrogens with zero attached hydrogens (tertiary/aromatic N) is 3. The van der Waals surface area contributed by atoms with Crippen LogP contribution in [0, 0.1) is 5.41 Å². The number of thioether (sulfide) groups is 1. The number of aliphatic imine (C=N–C) groups is 1. The monoisotopic (exact) mass is 542 g/mol. The molecule has 2 aliphatic rings. The zero-order valence-corrected chi connectivity index (χ0v) is 22.3. The summed E-state index contributed by atoms with van der Waals surface area (Å²) in [6.07, 6.45) is 4.36. The second-order valence-corrected chi connectivity index (χ2v) is 9.48. The average Bonchev–Trinajstić information content (AvgIpc) is 3.31. The molecule has 0 bridgehead atoms. The fourth-order valence-electron chi connectivity index (χ4n) is 3.58. The number of carbonyl (C=O) groups excluding carboxylic acids is 1. The quantitative estimate of drug-likeness (QED) is 0.290. The molecule has 0 atom stereocenters. The second kappa shape index (κ2) is 12.2. The van der Waals surface area contributed by atoms with Gasteiger partial charge >= 0.3 is 0 Å². The standard InChI is InChI=1S/C26H27ClN4O5S/c1-4-5-9-22-30-31-24(28)19(25(32)29-26(31)37-22)12-16-13-20(27)23(21(14-16)34-3)36-11-10-35-18-8-6-7-17(15-18)33-2/h6-8,12-15,28H,4-5,9-11H2,1-3H3/b19-12+,28-24?. The van der Waals surface area contributed by atoms with Gasteiger partial charge in [-0.2, -0.15) is 15.1 Å². The van der Waals surface area contributed by atoms with E-state index in [1.807, 2.05) is 18.2 Å². The Morgan fingerprint density at radius 1 is 1.11 bits per heavy atom. The Kier molecular flexibility index (Phi) is 8.73. The number of carbonyl (C=O) groups is 1. The molecule has 0 saturated carbocycles. The van der Waals surface area contributed by atoms with E-state index in [-0.39, 0.29) is 24.6 Å². The Bertz CT molecular complexity index is 1290. The van der Waals surface area contributed by atoms with E-state index in [0.717, 1.165) is 24.3 Å². The predicted molar refractivity (Wildman–Crippen MR) is 147 cm³/mol. The Hall–Kier alpha value is -3.50. The van der Waals surface area contributed by atoms with Gasteiger partial charge in [-0.25, -0.2) is 0 Å². The first-order chi connectivity index (χ1) is 17.9. The van der Waals surface area contributed by atoms with Crippen molar-refractivity contribution in [2.45, 2.75) is 26.2 Å². The van der Waals surface area contributed by atoms with E-state index in [2.05, 4.69) is 17.0 Å². The summed E-state index contributed by atoms with van der Waals surface area (Å²) >= 11 is 7.84. The third kappa shape index (κ3) is 6.26. The lowest BCUT2D eigenvalue weighted by Crippen LogP contribution is -2.35. The first-order valence-corrected chi connectivity index (χ1v) is 12.9. The van der Waals surface area contributed by atoms with Crippen LogP contribution in [0.5, 0.6) is 23.0 Å². The molecule has 11 heteroatoms. The molecule has 2 aliphatic heterocycles. The molecule has 1 N–H and O–H groups in total. The molecule has 0 saturated heterocycles. The molecule has 0 fully saturated rings. The van der Waals surface area contributed by atoms with Gasteiger partial charge in [0.25, 0.3) is 5.91 Å². The van der Waals surface area contributed by atoms with Crippen LogP contribution in [-0.2, 0) is 4.79 Å². The molecule has 9 nitrogen and oxygen atoms in total. The molecular formula is C26H27ClN4O5S. The van der Waals surface area contributed by atoms with Crippen molar-refractivity contribution in [3.63, 3.8) is 0 Å². The van der Waals surface area contributed by atoms with Crippen LogP contribution in [0.4, 0.5) is 0 Å². The van der Waals surface area contributed by atoms with Crippen LogP contribution < -0.4 is 18.9 Å². The fraction of sp³-hybridized carbons (Fsp3) is 0.308. The second-order valence-electron chi connectivity index (χ2n) is 8.03. The number of fused-ring (bicyclic) bond motifs is 1. The summed E-state index contributed by atoms with van der Waals surface area (Å²) in [4.78, 5) is 16.8. The number of amides is 1. The van der Waals surface area contributed by atoms with Gasteiger partial charge in [-0.15, -0.1) is 0 Å². The van der Waals surface area contributed by atoms with Gasteiger partial charge in [0.15, 0.2) is 17.3 Å². The zero-order valence-electron chi connectivity index (χ0n) is 20.7. The SMILES string of the molecule is CCCCC1=NN2C(=N)/C(=C\c3cc(Cl)c(OCCOc4cccc(OC)c4)c(OC)c3)C(=O)N=C2S1. The maximum absolute atomic E-state index is 12.7. The highest BCUT2D eigenvalue weighted by atomic mass is 35.5. The molecule has 2 aromatic carbocycles. The number of nitrogens with one attached hydrogen (secondary N) is 1. The molecular weight excluding hydrogens is 516 g/mol. The topological polar surface area (TPSA) is 106 Å². The number of methoxy groups -OCH3 is 2. The van der Waals surface area contributed by atoms with Crippen LogP contribution in [0.15, 0.2) is 52.1 Å². The summed E-state index contributed by atoms with van der Waals surface area (Å²) in [5.74, 6) is 1.57. The Morgan fingerprint density at radius 3 is 2.65 bits per heavy atom. The molecule has 0 spiro atoms. The summed E-state index contributed by atoms with van der Waals surface area (Å²) in [5, 5.41) is 16.0. The predicted octanol–water partition coefficient (Wildman–Crippen LogP) is 5.62. The number of hydrazone groups is 1. The maximum Gasteiger partial charge on any atom is 0.283 e. The lowest BCUT2D eigenvalue weighted by molar-refractivity contribution is -0.114. The highest BCUT2D eigenvalue weighted by molar-refractivity contribution is 8.26. The normalized spacial score (nSPS) is 15.9. The van der Waals surface area contributed by atoms with E-state index < -0.39 is 5.91 Å². The lowest BCUT2D eigenvalue weighted by Gasteiger charge is -2.20. The summed E-state index contributed by atoms with van der Waals surface area (Å²) in [6.45, 7) is 2.60. The molecule has 0 aliphatic carbocycles. The van der Waals surface area contributed by atoms with Gasteiger partial charge in [-0.05, 0) is 60.5 Å². The van der Waals surface area contributed by atoms with Crippen molar-refractivity contribution in [2.75, 3.05) is 27.4 Å². The first-order valence-electron chi connectivity index (χ1n) is 11.7. The lowest BCUT2D eigenvalue weighted by atomic mass is 10.1. The van der Waals surface area contributed by atoms with E-state index in [4.69, 9.17) is 36.0 Å². The van der Waals surface area contributed by atoms with E-state index in [9.17, 15) is 4.79 Å². The van der Waals surface area contributed by atoms with Gasteiger partial charge in [-0.3, -0.25) is 10.2 Å². The van der Waals surface area contributed by atoms with Crippen LogP contribution in [-0.4, -0.2) is 54.4 Å². The van der Waals surface area contributed by atoms with Crippen molar-refractivity contribution in [1.82, 2.24) is 5.01 Å². The van der Waals surface area contributed by atoms with E-state index >= 15 is 0 Å². The van der Waals surface area contributed by atoms with Gasteiger partial charge in [-0.1, -0.05) is 31.0 Å². The molecule has 1 amide bonds. The minimum atomic E-state index is -0.499. The van der Waals surface area contributed by atoms with E-state index in [1.54, 1.807) is 31.4 Å². The highest BCUT2D eigenvalue weighted by Crippen LogP contribution is 2.38. The average molecular weight is 543 g/mol. The number of amidine groups is 2. The molecule has 2 aromatic rings. The highest BCUT2D eigenvalue weighted by Gasteiger charge is 2.35. The largest absolute Gasteiger partial charge is 0.497 e. The molecule has 194 valence electrons. The smallest absolute Gasteiger partial charge is 0.283 e. The fourth-order valence-corrected chi connectivity index (χ4v) is 4.79. The number of rotatable bonds is 11. The third-order valence-electron chi connectivity index (χ3n) is 5.44. The number of hydrogen-bond donors (Lipinski definition) is 1. The first kappa shape index (κ1) is 26.6. The van der Waals surface area contributed by atoms with Crippen LogP contribution >= 0.6 is 23.4 Å². The molecule has 0 unspecified atom stereocenters. The zero-order chi connectivity index (χ0) is 26.4. The van der Waals surface area contributed by atoms with Gasteiger partial charge in [0.05, 0.1) is 24.8 Å². The minimum absolute atomic E-state index is 0.0286. The summed E-state index contributed by atoms with van der Waals surface area (Å²) < 4.78 is 22.2. The maximum atomic E-state index is 12.7. The summed E-state index contributed by atoms with van der Waals surface area (Å²) in [7, 11) is 3.10. The van der Waals surface area contributed by atoms with E-state index in [0.29, 0.717) is 38.8 Å². The van der Waals surface area contributed by atoms with Crippen molar-refractivity contribution in [3.05, 3.63) is 52.6 Å². The number of benzene rings is 2. The van der Waals surface area contributed by atoms with Crippen LogP contribution in [0.2, 0.25) is 5.02 Å². The number of unbranched alkanes of at least 4 members (excludes halogenated alkanes) is 1. The summed E-state index contributed by atoms with van der Waals surface area (Å²) in [6, 6.07) is 10.6. The van der Waals surface area contributed by atoms with Crippen molar-refractivity contribution >= 4 is 51.4 Å². The van der Waals surface area contributed by atoms with Crippen molar-refractivity contribution in [3.8, 4) is 23.0 Å². The van der Waals surface area contributed by atoms with Gasteiger partial charge < -0.3 is 18.9 Å². The summed E-state index contributed by atoms with van der Waals surface area (Å²) in [5.41, 5.74) is 0.680. The molecule has 0 radical (unpaired) electrons. The van der Waals surface area contributed by atoms with Crippen molar-refractivity contribution in [2.24, 2.45) is 10.1 Å². The number of ether oxygens (including phenoxy) is 4. The van der Waals surface area contributed by atoms with Crippen LogP contribution in [0.25, 0.3) is 6.08 Å². The van der Waals surface area contributed by atoms with E-state index in [1.165, 1.54) is 23.9 Å². The van der Waals surface area contributed by atoms with Gasteiger partial charge in [0.2, 0.25) is 5.17 Å². The Morgan fingerprint density at radius 2 is 1.89 bits per heavy atom. The Labute approximate surface area is 224 Å². The van der Waals surface area contributed by atoms with Crippen molar-refractivity contribution in [1.29, 1.82) is 5.41 Å². The van der Waals surface area contributed by atoms with Gasteiger partial charge in [0.1, 0.15) is 29.8 Å². The number of halogens is 1. The molecule has 0 aromatic heterocycles. The Balaban J connectivity index is 1.46.